The Hall–Kier alpha value is -4.01. The lowest BCUT2D eigenvalue weighted by molar-refractivity contribution is -0.131. The van der Waals surface area contributed by atoms with Crippen molar-refractivity contribution in [2.45, 2.75) is 50.7 Å². The van der Waals surface area contributed by atoms with Crippen LogP contribution in [0.3, 0.4) is 0 Å². The van der Waals surface area contributed by atoms with Crippen molar-refractivity contribution in [2.75, 3.05) is 6.61 Å². The summed E-state index contributed by atoms with van der Waals surface area (Å²) in [6, 6.07) is 38.1. The molecule has 0 spiro atoms. The summed E-state index contributed by atoms with van der Waals surface area (Å²) in [5.74, 6) is -0.588. The average Bonchev–Trinajstić information content (AvgIpc) is 3.34. The lowest BCUT2D eigenvalue weighted by Gasteiger charge is -2.34. The fraction of sp³-hybridized carbons (Fsp3) is 0.286. The van der Waals surface area contributed by atoms with Gasteiger partial charge in [-0.3, -0.25) is 4.90 Å². The van der Waals surface area contributed by atoms with E-state index in [1.165, 1.54) is 4.90 Å². The molecule has 1 aliphatic carbocycles. The molecule has 0 heterocycles. The van der Waals surface area contributed by atoms with Gasteiger partial charge in [0.15, 0.2) is 0 Å². The van der Waals surface area contributed by atoms with E-state index in [1.807, 2.05) is 121 Å². The third kappa shape index (κ3) is 7.43. The van der Waals surface area contributed by atoms with Crippen molar-refractivity contribution in [3.05, 3.63) is 144 Å². The van der Waals surface area contributed by atoms with Gasteiger partial charge in [-0.05, 0) is 22.3 Å². The fourth-order valence-electron chi connectivity index (χ4n) is 5.67. The third-order valence-corrected chi connectivity index (χ3v) is 7.71. The van der Waals surface area contributed by atoms with E-state index in [9.17, 15) is 15.0 Å². The maximum Gasteiger partial charge on any atom is 0.407 e. The van der Waals surface area contributed by atoms with Crippen molar-refractivity contribution in [1.29, 1.82) is 0 Å². The van der Waals surface area contributed by atoms with Crippen LogP contribution in [0.5, 0.6) is 0 Å². The van der Waals surface area contributed by atoms with Gasteiger partial charge in [-0.15, -0.1) is 0 Å². The molecule has 1 amide bonds. The van der Waals surface area contributed by atoms with Crippen LogP contribution in [0.4, 0.5) is 4.79 Å². The van der Waals surface area contributed by atoms with Gasteiger partial charge >= 0.3 is 6.09 Å². The molecule has 1 aliphatic rings. The van der Waals surface area contributed by atoms with Crippen LogP contribution in [0.1, 0.15) is 22.3 Å². The third-order valence-electron chi connectivity index (χ3n) is 7.71. The predicted molar refractivity (Wildman–Crippen MR) is 159 cm³/mol. The monoisotopic (exact) mass is 567 g/mol. The van der Waals surface area contributed by atoms with Gasteiger partial charge < -0.3 is 24.4 Å². The average molecular weight is 568 g/mol. The highest BCUT2D eigenvalue weighted by Crippen LogP contribution is 2.39. The molecule has 1 saturated carbocycles. The van der Waals surface area contributed by atoms with Crippen molar-refractivity contribution < 1.29 is 29.2 Å². The molecule has 2 N–H and O–H groups in total. The van der Waals surface area contributed by atoms with Crippen molar-refractivity contribution in [1.82, 2.24) is 4.90 Å². The fourth-order valence-corrected chi connectivity index (χ4v) is 5.67. The molecule has 7 nitrogen and oxygen atoms in total. The summed E-state index contributed by atoms with van der Waals surface area (Å²) in [7, 11) is 0. The molecule has 0 aromatic heterocycles. The number of aliphatic hydroxyl groups excluding tert-OH is 1. The molecule has 4 aromatic rings. The normalized spacial score (nSPS) is 21.7. The molecule has 0 unspecified atom stereocenters. The van der Waals surface area contributed by atoms with Gasteiger partial charge in [0.05, 0.1) is 38.6 Å². The summed E-state index contributed by atoms with van der Waals surface area (Å²) in [5, 5.41) is 21.3. The van der Waals surface area contributed by atoms with E-state index in [0.29, 0.717) is 6.61 Å². The number of aliphatic hydroxyl groups is 1. The van der Waals surface area contributed by atoms with Gasteiger partial charge in [0.2, 0.25) is 0 Å². The first-order chi connectivity index (χ1) is 20.6. The quantitative estimate of drug-likeness (QED) is 0.209. The molecule has 218 valence electrons. The zero-order chi connectivity index (χ0) is 29.1. The Morgan fingerprint density at radius 1 is 0.571 bits per heavy atom. The summed E-state index contributed by atoms with van der Waals surface area (Å²) >= 11 is 0. The number of ether oxygens (including phenoxy) is 3. The molecule has 0 radical (unpaired) electrons. The number of carboxylic acid groups (broad SMARTS) is 1. The van der Waals surface area contributed by atoms with Gasteiger partial charge in [-0.1, -0.05) is 121 Å². The Balaban J connectivity index is 1.50. The summed E-state index contributed by atoms with van der Waals surface area (Å²) in [6.45, 7) is 0.684. The van der Waals surface area contributed by atoms with Crippen LogP contribution >= 0.6 is 0 Å². The molecule has 1 fully saturated rings. The second-order valence-corrected chi connectivity index (χ2v) is 10.5. The van der Waals surface area contributed by atoms with Gasteiger partial charge in [0.1, 0.15) is 12.2 Å². The minimum absolute atomic E-state index is 0.138. The zero-order valence-corrected chi connectivity index (χ0v) is 23.4. The maximum atomic E-state index is 12.9. The van der Waals surface area contributed by atoms with Crippen molar-refractivity contribution in [3.63, 3.8) is 0 Å². The number of hydrogen-bond acceptors (Lipinski definition) is 5. The first-order valence-electron chi connectivity index (χ1n) is 14.2. The Morgan fingerprint density at radius 3 is 1.36 bits per heavy atom. The van der Waals surface area contributed by atoms with Crippen LogP contribution in [0.15, 0.2) is 121 Å². The molecular formula is C35H37NO6. The van der Waals surface area contributed by atoms with Crippen LogP contribution in [0, 0.1) is 5.92 Å². The smallest absolute Gasteiger partial charge is 0.407 e. The zero-order valence-electron chi connectivity index (χ0n) is 23.4. The molecular weight excluding hydrogens is 530 g/mol. The van der Waals surface area contributed by atoms with E-state index in [4.69, 9.17) is 14.2 Å². The molecule has 5 atom stereocenters. The van der Waals surface area contributed by atoms with Crippen molar-refractivity contribution in [3.8, 4) is 0 Å². The van der Waals surface area contributed by atoms with Crippen LogP contribution in [-0.4, -0.2) is 52.2 Å². The minimum Gasteiger partial charge on any atom is -0.465 e. The molecule has 5 rings (SSSR count). The second-order valence-electron chi connectivity index (χ2n) is 10.5. The molecule has 0 saturated heterocycles. The maximum absolute atomic E-state index is 12.9. The topological polar surface area (TPSA) is 88.5 Å². The summed E-state index contributed by atoms with van der Waals surface area (Å²) in [6.07, 6.45) is -3.06. The number of carbonyl (C=O) groups is 1. The standard InChI is InChI=1S/C35H37NO6/c37-22-30-31(36(35(38)39)21-26-13-5-1-6-14-26)33(41-24-28-17-9-3-10-18-28)34(42-25-29-19-11-4-12-20-29)32(30)40-23-27-15-7-2-8-16-27/h1-20,30-34,37H,21-25H2,(H,38,39)/t30-,31+,32-,33-,34+/m0/s1. The number of nitrogens with zero attached hydrogens (tertiary/aromatic N) is 1. The summed E-state index contributed by atoms with van der Waals surface area (Å²) < 4.78 is 19.6. The van der Waals surface area contributed by atoms with E-state index in [0.717, 1.165) is 22.3 Å². The Morgan fingerprint density at radius 2 is 0.952 bits per heavy atom. The first kappa shape index (κ1) is 29.5. The molecule has 4 aromatic carbocycles. The van der Waals surface area contributed by atoms with Gasteiger partial charge in [0.25, 0.3) is 0 Å². The van der Waals surface area contributed by atoms with Crippen LogP contribution < -0.4 is 0 Å². The summed E-state index contributed by atoms with van der Waals surface area (Å²) in [4.78, 5) is 14.2. The highest BCUT2D eigenvalue weighted by molar-refractivity contribution is 5.66. The number of hydrogen-bond donors (Lipinski definition) is 2. The van der Waals surface area contributed by atoms with E-state index in [2.05, 4.69) is 0 Å². The van der Waals surface area contributed by atoms with Crippen molar-refractivity contribution in [2.24, 2.45) is 5.92 Å². The lowest BCUT2D eigenvalue weighted by atomic mass is 9.99. The minimum atomic E-state index is -1.10. The second kappa shape index (κ2) is 14.8. The van der Waals surface area contributed by atoms with E-state index in [1.54, 1.807) is 0 Å². The van der Waals surface area contributed by atoms with E-state index in [-0.39, 0.29) is 26.4 Å². The largest absolute Gasteiger partial charge is 0.465 e. The van der Waals surface area contributed by atoms with Gasteiger partial charge in [0, 0.05) is 12.5 Å². The van der Waals surface area contributed by atoms with Crippen LogP contribution in [0.2, 0.25) is 0 Å². The van der Waals surface area contributed by atoms with Crippen LogP contribution in [0.25, 0.3) is 0 Å². The van der Waals surface area contributed by atoms with Gasteiger partial charge in [-0.2, -0.15) is 0 Å². The Bertz CT molecular complexity index is 1360. The predicted octanol–water partition coefficient (Wildman–Crippen LogP) is 5.91. The summed E-state index contributed by atoms with van der Waals surface area (Å²) in [5.41, 5.74) is 3.75. The van der Waals surface area contributed by atoms with E-state index >= 15 is 0 Å². The first-order valence-corrected chi connectivity index (χ1v) is 14.2. The number of amides is 1. The molecule has 0 bridgehead atoms. The highest BCUT2D eigenvalue weighted by atomic mass is 16.6. The van der Waals surface area contributed by atoms with Gasteiger partial charge in [-0.25, -0.2) is 4.79 Å². The number of benzene rings is 4. The molecule has 7 heteroatoms. The van der Waals surface area contributed by atoms with Crippen LogP contribution in [-0.2, 0) is 40.6 Å². The Kier molecular flexibility index (Phi) is 10.4. The lowest BCUT2D eigenvalue weighted by Crippen LogP contribution is -2.50. The van der Waals surface area contributed by atoms with E-state index < -0.39 is 36.4 Å². The highest BCUT2D eigenvalue weighted by Gasteiger charge is 2.56. The molecule has 42 heavy (non-hydrogen) atoms. The number of rotatable bonds is 13. The van der Waals surface area contributed by atoms with Crippen molar-refractivity contribution >= 4 is 6.09 Å². The SMILES string of the molecule is O=C(O)N(Cc1ccccc1)[C@@H]1[C@H](CO)[C@H](OCc2ccccc2)[C@@H](OCc2ccccc2)[C@H]1OCc1ccccc1. The molecule has 0 aliphatic heterocycles. The Labute approximate surface area is 246 Å².